The number of allylic oxidation sites excluding steroid dienone is 4. The molecule has 0 radical (unpaired) electrons. The van der Waals surface area contributed by atoms with E-state index in [1.807, 2.05) is 6.08 Å². The molecule has 0 bridgehead atoms. The van der Waals surface area contributed by atoms with E-state index in [1.54, 1.807) is 0 Å². The Balaban J connectivity index is 1.50. The fourth-order valence-electron chi connectivity index (χ4n) is 5.71. The third kappa shape index (κ3) is 8.64. The normalized spacial score (nSPS) is 36.9. The van der Waals surface area contributed by atoms with E-state index < -0.39 is 24.4 Å². The monoisotopic (exact) mass is 529 g/mol. The van der Waals surface area contributed by atoms with Crippen LogP contribution in [-0.2, 0) is 14.3 Å². The highest BCUT2D eigenvalue weighted by atomic mass is 16.5. The molecule has 3 rings (SSSR count). The number of aliphatic hydroxyl groups excluding tert-OH is 2. The van der Waals surface area contributed by atoms with Gasteiger partial charge < -0.3 is 25.0 Å². The lowest BCUT2D eigenvalue weighted by Gasteiger charge is -2.35. The summed E-state index contributed by atoms with van der Waals surface area (Å²) in [6.07, 6.45) is 15.1. The molecule has 6 nitrogen and oxygen atoms in total. The van der Waals surface area contributed by atoms with Gasteiger partial charge in [0.15, 0.2) is 0 Å². The van der Waals surface area contributed by atoms with Gasteiger partial charge in [-0.2, -0.15) is 0 Å². The summed E-state index contributed by atoms with van der Waals surface area (Å²) in [7, 11) is 0. The summed E-state index contributed by atoms with van der Waals surface area (Å²) in [5.74, 6) is 1.61. The Bertz CT molecular complexity index is 892. The molecule has 3 aliphatic rings. The highest BCUT2D eigenvalue weighted by Gasteiger charge is 2.43. The van der Waals surface area contributed by atoms with E-state index in [-0.39, 0.29) is 31.0 Å². The molecule has 1 amide bonds. The van der Waals surface area contributed by atoms with Crippen molar-refractivity contribution in [2.24, 2.45) is 23.7 Å². The van der Waals surface area contributed by atoms with Crippen molar-refractivity contribution in [1.29, 1.82) is 0 Å². The molecule has 2 heterocycles. The van der Waals surface area contributed by atoms with E-state index >= 15 is 0 Å². The number of unbranched alkanes of at least 4 members (excludes halogenated alkanes) is 1. The van der Waals surface area contributed by atoms with Gasteiger partial charge >= 0.3 is 0 Å². The van der Waals surface area contributed by atoms with Crippen molar-refractivity contribution in [3.05, 3.63) is 47.6 Å². The van der Waals surface area contributed by atoms with E-state index in [0.717, 1.165) is 25.7 Å². The second-order valence-electron chi connectivity index (χ2n) is 11.7. The van der Waals surface area contributed by atoms with Gasteiger partial charge in [0.1, 0.15) is 12.2 Å². The highest BCUT2D eigenvalue weighted by molar-refractivity contribution is 5.76. The van der Waals surface area contributed by atoms with Crippen LogP contribution in [0.3, 0.4) is 0 Å². The molecule has 1 saturated carbocycles. The van der Waals surface area contributed by atoms with Crippen molar-refractivity contribution in [2.45, 2.75) is 117 Å². The zero-order valence-electron chi connectivity index (χ0n) is 24.3. The molecule has 2 aliphatic heterocycles. The largest absolute Gasteiger partial charge is 0.390 e. The third-order valence-electron chi connectivity index (χ3n) is 8.42. The fourth-order valence-corrected chi connectivity index (χ4v) is 5.71. The van der Waals surface area contributed by atoms with Crippen LogP contribution < -0.4 is 5.32 Å². The van der Waals surface area contributed by atoms with Crippen molar-refractivity contribution in [3.8, 4) is 0 Å². The van der Waals surface area contributed by atoms with E-state index in [0.29, 0.717) is 30.2 Å². The average molecular weight is 530 g/mol. The van der Waals surface area contributed by atoms with Crippen LogP contribution in [0.25, 0.3) is 0 Å². The minimum Gasteiger partial charge on any atom is -0.390 e. The first-order chi connectivity index (χ1) is 18.1. The molecule has 2 fully saturated rings. The Labute approximate surface area is 230 Å². The summed E-state index contributed by atoms with van der Waals surface area (Å²) in [5.41, 5.74) is 2.63. The Morgan fingerprint density at radius 3 is 2.63 bits per heavy atom. The number of carbonyl (C=O) groups is 1. The average Bonchev–Trinajstić information content (AvgIpc) is 3.51. The topological polar surface area (TPSA) is 88.0 Å². The van der Waals surface area contributed by atoms with Gasteiger partial charge in [0.05, 0.1) is 30.8 Å². The molecule has 10 atom stereocenters. The molecule has 0 aromatic rings. The smallest absolute Gasteiger partial charge is 0.222 e. The number of hydrogen-bond donors (Lipinski definition) is 3. The Kier molecular flexibility index (Phi) is 11.8. The molecule has 1 saturated heterocycles. The summed E-state index contributed by atoms with van der Waals surface area (Å²) in [5, 5.41) is 23.7. The maximum Gasteiger partial charge on any atom is 0.222 e. The number of aliphatic hydroxyl groups is 2. The highest BCUT2D eigenvalue weighted by Crippen LogP contribution is 2.48. The molecule has 0 aromatic carbocycles. The minimum absolute atomic E-state index is 0.0685. The maximum absolute atomic E-state index is 12.2. The third-order valence-corrected chi connectivity index (χ3v) is 8.42. The number of ether oxygens (including phenoxy) is 2. The molecule has 214 valence electrons. The van der Waals surface area contributed by atoms with E-state index in [9.17, 15) is 15.0 Å². The van der Waals surface area contributed by atoms with Crippen LogP contribution in [0.4, 0.5) is 0 Å². The van der Waals surface area contributed by atoms with Crippen molar-refractivity contribution >= 4 is 5.91 Å². The molecule has 1 aliphatic carbocycles. The van der Waals surface area contributed by atoms with Gasteiger partial charge in [-0.15, -0.1) is 0 Å². The molecule has 0 aromatic heterocycles. The summed E-state index contributed by atoms with van der Waals surface area (Å²) in [6, 6.07) is 0. The quantitative estimate of drug-likeness (QED) is 0.237. The zero-order chi connectivity index (χ0) is 27.8. The van der Waals surface area contributed by atoms with Gasteiger partial charge in [0.25, 0.3) is 0 Å². The predicted molar refractivity (Wildman–Crippen MR) is 152 cm³/mol. The first kappa shape index (κ1) is 30.8. The van der Waals surface area contributed by atoms with Gasteiger partial charge in [-0.25, -0.2) is 0 Å². The van der Waals surface area contributed by atoms with Gasteiger partial charge in [0, 0.05) is 13.0 Å². The van der Waals surface area contributed by atoms with Crippen molar-refractivity contribution in [1.82, 2.24) is 5.32 Å². The Morgan fingerprint density at radius 1 is 1.18 bits per heavy atom. The maximum atomic E-state index is 12.2. The second-order valence-corrected chi connectivity index (χ2v) is 11.7. The zero-order valence-corrected chi connectivity index (χ0v) is 24.3. The van der Waals surface area contributed by atoms with Crippen molar-refractivity contribution in [3.63, 3.8) is 0 Å². The van der Waals surface area contributed by atoms with Crippen LogP contribution in [-0.4, -0.2) is 59.3 Å². The lowest BCUT2D eigenvalue weighted by Crippen LogP contribution is -2.48. The van der Waals surface area contributed by atoms with Crippen LogP contribution in [0.2, 0.25) is 0 Å². The van der Waals surface area contributed by atoms with Crippen molar-refractivity contribution < 1.29 is 24.5 Å². The van der Waals surface area contributed by atoms with E-state index in [1.165, 1.54) is 11.1 Å². The predicted octanol–water partition coefficient (Wildman–Crippen LogP) is 5.26. The first-order valence-electron chi connectivity index (χ1n) is 14.8. The Morgan fingerprint density at radius 2 is 1.92 bits per heavy atom. The fraction of sp³-hybridized carbons (Fsp3) is 0.719. The van der Waals surface area contributed by atoms with Gasteiger partial charge in [-0.3, -0.25) is 4.79 Å². The molecule has 6 heteroatoms. The molecular formula is C32H51NO5. The number of nitrogens with one attached hydrogen (secondary N) is 1. The number of hydrogen-bond acceptors (Lipinski definition) is 5. The minimum atomic E-state index is -0.977. The summed E-state index contributed by atoms with van der Waals surface area (Å²) in [6.45, 7) is 13.7. The van der Waals surface area contributed by atoms with Gasteiger partial charge in [0.2, 0.25) is 5.91 Å². The SMILES string of the molecule is CCCCNC(=O)C[C@@H]1C[C@H](O)[C@@H](O)[C@H](/C=C/[C@H]2[C@H](C)[C@@H]2/C=C/[C@@H](C)/C=C(\C)[C@H]2CC=C(C)[C@@H](CC)O2)O1. The lowest BCUT2D eigenvalue weighted by atomic mass is 9.95. The molecule has 38 heavy (non-hydrogen) atoms. The van der Waals surface area contributed by atoms with Crippen LogP contribution in [0.1, 0.15) is 80.1 Å². The summed E-state index contributed by atoms with van der Waals surface area (Å²) in [4.78, 5) is 12.2. The van der Waals surface area contributed by atoms with Crippen molar-refractivity contribution in [2.75, 3.05) is 6.54 Å². The Hall–Kier alpha value is -1.73. The van der Waals surface area contributed by atoms with E-state index in [4.69, 9.17) is 9.47 Å². The summed E-state index contributed by atoms with van der Waals surface area (Å²) < 4.78 is 12.3. The van der Waals surface area contributed by atoms with Crippen LogP contribution in [0.15, 0.2) is 47.6 Å². The van der Waals surface area contributed by atoms with Crippen LogP contribution in [0, 0.1) is 23.7 Å². The van der Waals surface area contributed by atoms with Gasteiger partial charge in [-0.1, -0.05) is 70.6 Å². The first-order valence-corrected chi connectivity index (χ1v) is 14.8. The number of carbonyl (C=O) groups excluding carboxylic acids is 1. The lowest BCUT2D eigenvalue weighted by molar-refractivity contribution is -0.157. The summed E-state index contributed by atoms with van der Waals surface area (Å²) >= 11 is 0. The van der Waals surface area contributed by atoms with Gasteiger partial charge in [-0.05, 0) is 67.9 Å². The molecule has 3 N–H and O–H groups in total. The number of amides is 1. The van der Waals surface area contributed by atoms with Crippen LogP contribution in [0.5, 0.6) is 0 Å². The van der Waals surface area contributed by atoms with Crippen LogP contribution >= 0.6 is 0 Å². The second kappa shape index (κ2) is 14.6. The molecule has 0 unspecified atom stereocenters. The van der Waals surface area contributed by atoms with E-state index in [2.05, 4.69) is 77.2 Å². The molecular weight excluding hydrogens is 478 g/mol. The molecule has 0 spiro atoms. The number of rotatable bonds is 12. The standard InChI is InChI=1S/C32H51NO5/c1-7-9-16-33-31(35)19-24-18-27(34)32(36)30(37-24)15-13-26-23(6)25(26)12-10-20(3)17-22(5)29-14-11-21(4)28(8-2)38-29/h10-13,15,17,20,23-30,32,34,36H,7-9,14,16,18-19H2,1-6H3,(H,33,35)/b12-10+,15-13+,22-17+/t20-,23-,24+,25+,26+,27+,28-,29-,30+,32-/m1/s1.